The average molecular weight is 216 g/mol. The Morgan fingerprint density at radius 2 is 1.27 bits per heavy atom. The quantitative estimate of drug-likeness (QED) is 0.506. The fourth-order valence-corrected chi connectivity index (χ4v) is 0.596. The summed E-state index contributed by atoms with van der Waals surface area (Å²) in [7, 11) is 0. The Balaban J connectivity index is -0.000000158. The fraction of sp³-hybridized carbons (Fsp3) is 0.750. The lowest BCUT2D eigenvalue weighted by molar-refractivity contribution is -0.108. The van der Waals surface area contributed by atoms with Crippen molar-refractivity contribution in [2.75, 3.05) is 0 Å². The number of unbranched alkanes of at least 4 members (excludes halogenated alkanes) is 4. The van der Waals surface area contributed by atoms with Crippen LogP contribution in [0.4, 0.5) is 0 Å². The van der Waals surface area contributed by atoms with E-state index in [0.717, 1.165) is 38.1 Å². The second kappa shape index (κ2) is 29.2. The van der Waals surface area contributed by atoms with E-state index in [1.54, 1.807) is 0 Å². The molecule has 90 valence electrons. The number of hydrogen-bond donors (Lipinski definition) is 0. The van der Waals surface area contributed by atoms with E-state index in [1.807, 2.05) is 6.92 Å². The molecule has 0 heterocycles. The first-order valence-electron chi connectivity index (χ1n) is 5.52. The molecule has 0 fully saturated rings. The molecule has 0 radical (unpaired) electrons. The van der Waals surface area contributed by atoms with Crippen molar-refractivity contribution >= 4 is 18.9 Å². The van der Waals surface area contributed by atoms with Crippen LogP contribution in [0.3, 0.4) is 0 Å². The van der Waals surface area contributed by atoms with Gasteiger partial charge in [-0.15, -0.1) is 0 Å². The number of aldehydes is 3. The number of carbonyl (C=O) groups is 3. The second-order valence-corrected chi connectivity index (χ2v) is 2.85. The Hall–Kier alpha value is -0.990. The van der Waals surface area contributed by atoms with Gasteiger partial charge >= 0.3 is 0 Å². The van der Waals surface area contributed by atoms with E-state index in [1.165, 1.54) is 19.8 Å². The minimum atomic E-state index is 0.708. The molecule has 0 saturated carbocycles. The van der Waals surface area contributed by atoms with Crippen molar-refractivity contribution in [3.63, 3.8) is 0 Å². The van der Waals surface area contributed by atoms with Crippen LogP contribution in [0.5, 0.6) is 0 Å². The maximum absolute atomic E-state index is 9.68. The molecule has 0 aliphatic heterocycles. The van der Waals surface area contributed by atoms with Crippen molar-refractivity contribution in [2.45, 2.75) is 59.3 Å². The highest BCUT2D eigenvalue weighted by molar-refractivity contribution is 5.49. The lowest BCUT2D eigenvalue weighted by atomic mass is 10.2. The summed E-state index contributed by atoms with van der Waals surface area (Å²) in [5, 5.41) is 0. The van der Waals surface area contributed by atoms with Crippen molar-refractivity contribution < 1.29 is 14.4 Å². The fourth-order valence-electron chi connectivity index (χ4n) is 0.596. The summed E-state index contributed by atoms with van der Waals surface area (Å²) in [6.07, 6.45) is 8.56. The summed E-state index contributed by atoms with van der Waals surface area (Å²) in [6.45, 7) is 5.55. The Kier molecular flexibility index (Phi) is 38.1. The van der Waals surface area contributed by atoms with Crippen LogP contribution in [-0.4, -0.2) is 18.9 Å². The maximum atomic E-state index is 9.68. The monoisotopic (exact) mass is 216 g/mol. The number of hydrogen-bond acceptors (Lipinski definition) is 3. The molecule has 0 amide bonds. The molecule has 0 bridgehead atoms. The van der Waals surface area contributed by atoms with Crippen LogP contribution in [0.25, 0.3) is 0 Å². The Bertz CT molecular complexity index is 122. The lowest BCUT2D eigenvalue weighted by Gasteiger charge is -1.85. The normalized spacial score (nSPS) is 7.40. The van der Waals surface area contributed by atoms with Crippen LogP contribution < -0.4 is 0 Å². The summed E-state index contributed by atoms with van der Waals surface area (Å²) in [6, 6.07) is 0. The zero-order chi connectivity index (χ0) is 12.4. The molecule has 0 aromatic carbocycles. The van der Waals surface area contributed by atoms with Gasteiger partial charge in [0.15, 0.2) is 0 Å². The number of rotatable bonds is 6. The van der Waals surface area contributed by atoms with E-state index < -0.39 is 0 Å². The molecular formula is C12H24O3. The molecule has 0 aromatic heterocycles. The zero-order valence-corrected chi connectivity index (χ0v) is 10.2. The van der Waals surface area contributed by atoms with E-state index in [9.17, 15) is 9.59 Å². The van der Waals surface area contributed by atoms with Crippen LogP contribution in [-0.2, 0) is 14.4 Å². The van der Waals surface area contributed by atoms with Crippen LogP contribution >= 0.6 is 0 Å². The molecule has 0 N–H and O–H groups in total. The molecule has 3 nitrogen and oxygen atoms in total. The van der Waals surface area contributed by atoms with E-state index in [4.69, 9.17) is 4.79 Å². The first-order chi connectivity index (χ1) is 7.24. The minimum Gasteiger partial charge on any atom is -0.304 e. The van der Waals surface area contributed by atoms with Crippen LogP contribution in [0.1, 0.15) is 59.3 Å². The standard InChI is InChI=1S/C6H12O.C4H8O.C2H4O/c1-2-3-4-5-6-7;1-2-3-4-5;1-2-3/h6H,2-5H2,1H3;4H,2-3H2,1H3;2H,1H3. The van der Waals surface area contributed by atoms with Gasteiger partial charge in [0.25, 0.3) is 0 Å². The van der Waals surface area contributed by atoms with Gasteiger partial charge in [0.05, 0.1) is 0 Å². The first-order valence-corrected chi connectivity index (χ1v) is 5.52. The van der Waals surface area contributed by atoms with Gasteiger partial charge in [0.2, 0.25) is 0 Å². The molecule has 0 rings (SSSR count). The summed E-state index contributed by atoms with van der Waals surface area (Å²) >= 11 is 0. The van der Waals surface area contributed by atoms with Crippen LogP contribution in [0.15, 0.2) is 0 Å². The predicted molar refractivity (Wildman–Crippen MR) is 62.9 cm³/mol. The summed E-state index contributed by atoms with van der Waals surface area (Å²) in [4.78, 5) is 27.9. The maximum Gasteiger partial charge on any atom is 0.119 e. The van der Waals surface area contributed by atoms with E-state index in [-0.39, 0.29) is 0 Å². The summed E-state index contributed by atoms with van der Waals surface area (Å²) in [5.74, 6) is 0. The Morgan fingerprint density at radius 1 is 0.800 bits per heavy atom. The second-order valence-electron chi connectivity index (χ2n) is 2.85. The molecule has 3 heteroatoms. The average Bonchev–Trinajstić information content (AvgIpc) is 2.22. The minimum absolute atomic E-state index is 0.708. The third-order valence-corrected chi connectivity index (χ3v) is 1.33. The molecule has 0 aromatic rings. The molecule has 0 spiro atoms. The Morgan fingerprint density at radius 3 is 1.47 bits per heavy atom. The molecule has 0 aliphatic rings. The van der Waals surface area contributed by atoms with Crippen LogP contribution in [0, 0.1) is 0 Å². The third-order valence-electron chi connectivity index (χ3n) is 1.33. The van der Waals surface area contributed by atoms with Gasteiger partial charge in [0.1, 0.15) is 18.9 Å². The van der Waals surface area contributed by atoms with Crippen molar-refractivity contribution in [2.24, 2.45) is 0 Å². The third kappa shape index (κ3) is 62.8. The Labute approximate surface area is 93.2 Å². The van der Waals surface area contributed by atoms with Crippen molar-refractivity contribution in [3.8, 4) is 0 Å². The van der Waals surface area contributed by atoms with Crippen molar-refractivity contribution in [1.82, 2.24) is 0 Å². The van der Waals surface area contributed by atoms with Gasteiger partial charge in [-0.3, -0.25) is 0 Å². The SMILES string of the molecule is CC=O.CCCC=O.CCCCCC=O. The summed E-state index contributed by atoms with van der Waals surface area (Å²) < 4.78 is 0. The zero-order valence-electron chi connectivity index (χ0n) is 10.2. The molecule has 0 saturated heterocycles. The van der Waals surface area contributed by atoms with Gasteiger partial charge in [-0.1, -0.05) is 26.7 Å². The van der Waals surface area contributed by atoms with Gasteiger partial charge in [0, 0.05) is 12.8 Å². The first kappa shape index (κ1) is 19.6. The van der Waals surface area contributed by atoms with Crippen molar-refractivity contribution in [1.29, 1.82) is 0 Å². The summed E-state index contributed by atoms with van der Waals surface area (Å²) in [5.41, 5.74) is 0. The van der Waals surface area contributed by atoms with Gasteiger partial charge < -0.3 is 14.4 Å². The van der Waals surface area contributed by atoms with Gasteiger partial charge in [-0.2, -0.15) is 0 Å². The van der Waals surface area contributed by atoms with E-state index in [2.05, 4.69) is 6.92 Å². The topological polar surface area (TPSA) is 51.2 Å². The lowest BCUT2D eigenvalue weighted by Crippen LogP contribution is -1.73. The van der Waals surface area contributed by atoms with Crippen LogP contribution in [0.2, 0.25) is 0 Å². The highest BCUT2D eigenvalue weighted by Gasteiger charge is 1.80. The van der Waals surface area contributed by atoms with Crippen molar-refractivity contribution in [3.05, 3.63) is 0 Å². The predicted octanol–water partition coefficient (Wildman–Crippen LogP) is 2.96. The molecule has 0 aliphatic carbocycles. The molecule has 0 unspecified atom stereocenters. The smallest absolute Gasteiger partial charge is 0.119 e. The van der Waals surface area contributed by atoms with E-state index >= 15 is 0 Å². The number of carbonyl (C=O) groups excluding carboxylic acids is 3. The highest BCUT2D eigenvalue weighted by atomic mass is 16.1. The molecule has 15 heavy (non-hydrogen) atoms. The van der Waals surface area contributed by atoms with Gasteiger partial charge in [-0.25, -0.2) is 0 Å². The largest absolute Gasteiger partial charge is 0.304 e. The molecular weight excluding hydrogens is 192 g/mol. The highest BCUT2D eigenvalue weighted by Crippen LogP contribution is 1.94. The molecule has 0 atom stereocenters. The van der Waals surface area contributed by atoms with E-state index in [0.29, 0.717) is 6.42 Å². The van der Waals surface area contributed by atoms with Gasteiger partial charge in [-0.05, 0) is 19.8 Å².